The highest BCUT2D eigenvalue weighted by atomic mass is 32.1. The Kier molecular flexibility index (Phi) is 4.36. The second-order valence-electron chi connectivity index (χ2n) is 4.25. The van der Waals surface area contributed by atoms with Gasteiger partial charge in [0.1, 0.15) is 5.92 Å². The fraction of sp³-hybridized carbons (Fsp3) is 0.250. The number of hydrogen-bond acceptors (Lipinski definition) is 5. The molecule has 0 saturated carbocycles. The van der Waals surface area contributed by atoms with Gasteiger partial charge in [0.15, 0.2) is 5.82 Å². The summed E-state index contributed by atoms with van der Waals surface area (Å²) in [5.74, 6) is -0.574. The number of aromatic nitrogens is 4. The van der Waals surface area contributed by atoms with Crippen LogP contribution < -0.4 is 11.1 Å². The average molecular weight is 290 g/mol. The van der Waals surface area contributed by atoms with E-state index in [0.29, 0.717) is 5.82 Å². The van der Waals surface area contributed by atoms with E-state index in [1.54, 1.807) is 6.92 Å². The maximum Gasteiger partial charge on any atom is 0.235 e. The zero-order chi connectivity index (χ0) is 14.5. The molecule has 0 aliphatic rings. The van der Waals surface area contributed by atoms with Gasteiger partial charge >= 0.3 is 0 Å². The number of rotatable bonds is 5. The Morgan fingerprint density at radius 1 is 1.40 bits per heavy atom. The summed E-state index contributed by atoms with van der Waals surface area (Å²) in [5, 5.41) is 16.2. The van der Waals surface area contributed by atoms with Gasteiger partial charge in [-0.2, -0.15) is 5.21 Å². The lowest BCUT2D eigenvalue weighted by atomic mass is 9.98. The molecule has 0 fully saturated rings. The molecule has 0 saturated heterocycles. The zero-order valence-electron chi connectivity index (χ0n) is 10.8. The number of thiocarbonyl (C=S) groups is 1. The van der Waals surface area contributed by atoms with Crippen molar-refractivity contribution in [2.45, 2.75) is 18.9 Å². The third-order valence-corrected chi connectivity index (χ3v) is 3.02. The van der Waals surface area contributed by atoms with E-state index in [1.807, 2.05) is 30.3 Å². The fourth-order valence-corrected chi connectivity index (χ4v) is 2.05. The summed E-state index contributed by atoms with van der Waals surface area (Å²) < 4.78 is 0. The standard InChI is InChI=1S/C12H14N6OS/c1-7(11-15-17-18-16-11)14-12(19)9(10(13)20)8-5-3-2-4-6-8/h2-7,9H,1H3,(H2,13,20)(H,14,19)(H,15,16,17,18). The molecule has 0 aliphatic heterocycles. The summed E-state index contributed by atoms with van der Waals surface area (Å²) in [6.07, 6.45) is 0. The van der Waals surface area contributed by atoms with Gasteiger partial charge in [0.25, 0.3) is 0 Å². The Morgan fingerprint density at radius 2 is 2.10 bits per heavy atom. The SMILES string of the molecule is CC(NC(=O)C(C(N)=S)c1ccccc1)c1nn[nH]n1. The van der Waals surface area contributed by atoms with Gasteiger partial charge < -0.3 is 11.1 Å². The molecule has 2 rings (SSSR count). The Labute approximate surface area is 120 Å². The average Bonchev–Trinajstić information content (AvgIpc) is 2.93. The van der Waals surface area contributed by atoms with Gasteiger partial charge in [0.05, 0.1) is 11.0 Å². The third-order valence-electron chi connectivity index (χ3n) is 2.79. The molecule has 2 unspecified atom stereocenters. The van der Waals surface area contributed by atoms with E-state index < -0.39 is 5.92 Å². The Balaban J connectivity index is 2.14. The molecular formula is C12H14N6OS. The molecular weight excluding hydrogens is 276 g/mol. The zero-order valence-corrected chi connectivity index (χ0v) is 11.6. The number of aromatic amines is 1. The molecule has 4 N–H and O–H groups in total. The molecule has 0 aliphatic carbocycles. The second kappa shape index (κ2) is 6.20. The second-order valence-corrected chi connectivity index (χ2v) is 4.72. The minimum absolute atomic E-state index is 0.119. The fourth-order valence-electron chi connectivity index (χ4n) is 1.80. The van der Waals surface area contributed by atoms with Gasteiger partial charge in [0.2, 0.25) is 5.91 Å². The molecule has 1 heterocycles. The number of hydrogen-bond donors (Lipinski definition) is 3. The van der Waals surface area contributed by atoms with Gasteiger partial charge in [-0.25, -0.2) is 0 Å². The normalized spacial score (nSPS) is 13.4. The molecule has 1 aromatic heterocycles. The first kappa shape index (κ1) is 14.1. The number of amides is 1. The number of nitrogens with one attached hydrogen (secondary N) is 2. The molecule has 7 nitrogen and oxygen atoms in total. The van der Waals surface area contributed by atoms with Gasteiger partial charge in [-0.1, -0.05) is 47.8 Å². The summed E-state index contributed by atoms with van der Waals surface area (Å²) in [6, 6.07) is 8.75. The van der Waals surface area contributed by atoms with E-state index in [9.17, 15) is 4.79 Å². The lowest BCUT2D eigenvalue weighted by Crippen LogP contribution is -2.37. The Hall–Kier alpha value is -2.35. The largest absolute Gasteiger partial charge is 0.392 e. The van der Waals surface area contributed by atoms with E-state index >= 15 is 0 Å². The van der Waals surface area contributed by atoms with E-state index in [4.69, 9.17) is 18.0 Å². The van der Waals surface area contributed by atoms with Crippen LogP contribution in [0.15, 0.2) is 30.3 Å². The van der Waals surface area contributed by atoms with E-state index in [1.165, 1.54) is 0 Å². The smallest absolute Gasteiger partial charge is 0.235 e. The molecule has 1 aromatic carbocycles. The quantitative estimate of drug-likeness (QED) is 0.690. The first-order chi connectivity index (χ1) is 9.59. The van der Waals surface area contributed by atoms with Crippen LogP contribution in [0, 0.1) is 0 Å². The molecule has 8 heteroatoms. The monoisotopic (exact) mass is 290 g/mol. The maximum absolute atomic E-state index is 12.3. The summed E-state index contributed by atoms with van der Waals surface area (Å²) in [5.41, 5.74) is 6.43. The molecule has 104 valence electrons. The van der Waals surface area contributed by atoms with Crippen molar-refractivity contribution in [1.29, 1.82) is 0 Å². The summed E-state index contributed by atoms with van der Waals surface area (Å²) in [6.45, 7) is 1.75. The van der Waals surface area contributed by atoms with E-state index in [-0.39, 0.29) is 16.9 Å². The van der Waals surface area contributed by atoms with Crippen molar-refractivity contribution in [3.8, 4) is 0 Å². The highest BCUT2D eigenvalue weighted by molar-refractivity contribution is 7.80. The van der Waals surface area contributed by atoms with E-state index in [2.05, 4.69) is 25.9 Å². The van der Waals surface area contributed by atoms with E-state index in [0.717, 1.165) is 5.56 Å². The number of carbonyl (C=O) groups excluding carboxylic acids is 1. The predicted octanol–water partition coefficient (Wildman–Crippen LogP) is 0.447. The lowest BCUT2D eigenvalue weighted by molar-refractivity contribution is -0.121. The van der Waals surface area contributed by atoms with Crippen LogP contribution in [0.3, 0.4) is 0 Å². The van der Waals surface area contributed by atoms with Crippen LogP contribution in [0.4, 0.5) is 0 Å². The Bertz CT molecular complexity index is 585. The van der Waals surface area contributed by atoms with Crippen LogP contribution in [0.5, 0.6) is 0 Å². The minimum atomic E-state index is -0.680. The van der Waals surface area contributed by atoms with Crippen molar-refractivity contribution < 1.29 is 4.79 Å². The molecule has 20 heavy (non-hydrogen) atoms. The van der Waals surface area contributed by atoms with Crippen LogP contribution in [0.25, 0.3) is 0 Å². The maximum atomic E-state index is 12.3. The molecule has 2 atom stereocenters. The van der Waals surface area contributed by atoms with Crippen molar-refractivity contribution in [2.75, 3.05) is 0 Å². The first-order valence-electron chi connectivity index (χ1n) is 5.97. The molecule has 0 radical (unpaired) electrons. The van der Waals surface area contributed by atoms with Crippen molar-refractivity contribution in [3.05, 3.63) is 41.7 Å². The van der Waals surface area contributed by atoms with Crippen molar-refractivity contribution in [2.24, 2.45) is 5.73 Å². The van der Waals surface area contributed by atoms with Crippen LogP contribution in [0.1, 0.15) is 30.3 Å². The third kappa shape index (κ3) is 3.15. The van der Waals surface area contributed by atoms with Crippen LogP contribution in [-0.4, -0.2) is 31.5 Å². The van der Waals surface area contributed by atoms with Gasteiger partial charge in [-0.3, -0.25) is 4.79 Å². The first-order valence-corrected chi connectivity index (χ1v) is 6.38. The Morgan fingerprint density at radius 3 is 2.65 bits per heavy atom. The van der Waals surface area contributed by atoms with Gasteiger partial charge in [0, 0.05) is 0 Å². The molecule has 2 aromatic rings. The highest BCUT2D eigenvalue weighted by Crippen LogP contribution is 2.17. The molecule has 1 amide bonds. The lowest BCUT2D eigenvalue weighted by Gasteiger charge is -2.18. The van der Waals surface area contributed by atoms with Crippen molar-refractivity contribution in [1.82, 2.24) is 25.9 Å². The topological polar surface area (TPSA) is 110 Å². The van der Waals surface area contributed by atoms with Crippen LogP contribution in [0.2, 0.25) is 0 Å². The number of benzene rings is 1. The number of carbonyl (C=O) groups is 1. The summed E-state index contributed by atoms with van der Waals surface area (Å²) in [4.78, 5) is 12.4. The van der Waals surface area contributed by atoms with Crippen LogP contribution >= 0.6 is 12.2 Å². The number of nitrogens with two attached hydrogens (primary N) is 1. The minimum Gasteiger partial charge on any atom is -0.392 e. The summed E-state index contributed by atoms with van der Waals surface area (Å²) >= 11 is 5.00. The highest BCUT2D eigenvalue weighted by Gasteiger charge is 2.25. The summed E-state index contributed by atoms with van der Waals surface area (Å²) in [7, 11) is 0. The number of nitrogens with zero attached hydrogens (tertiary/aromatic N) is 3. The van der Waals surface area contributed by atoms with Crippen LogP contribution in [-0.2, 0) is 4.79 Å². The number of H-pyrrole nitrogens is 1. The molecule has 0 bridgehead atoms. The van der Waals surface area contributed by atoms with Gasteiger partial charge in [-0.15, -0.1) is 10.2 Å². The van der Waals surface area contributed by atoms with Crippen molar-refractivity contribution >= 4 is 23.1 Å². The number of tetrazole rings is 1. The molecule has 0 spiro atoms. The predicted molar refractivity (Wildman–Crippen MR) is 76.7 cm³/mol. The van der Waals surface area contributed by atoms with Crippen molar-refractivity contribution in [3.63, 3.8) is 0 Å². The van der Waals surface area contributed by atoms with Gasteiger partial charge in [-0.05, 0) is 12.5 Å².